The van der Waals surface area contributed by atoms with Crippen molar-refractivity contribution in [3.8, 4) is 0 Å². The highest BCUT2D eigenvalue weighted by molar-refractivity contribution is 5.73. The van der Waals surface area contributed by atoms with Crippen molar-refractivity contribution < 1.29 is 0 Å². The fourth-order valence-electron chi connectivity index (χ4n) is 1.74. The summed E-state index contributed by atoms with van der Waals surface area (Å²) in [4.78, 5) is 0. The molecule has 14 heavy (non-hydrogen) atoms. The van der Waals surface area contributed by atoms with Crippen molar-refractivity contribution in [2.24, 2.45) is 7.05 Å². The summed E-state index contributed by atoms with van der Waals surface area (Å²) in [6, 6.07) is 0. The van der Waals surface area contributed by atoms with Gasteiger partial charge in [0, 0.05) is 14.1 Å². The minimum absolute atomic E-state index is 1.01. The molecule has 0 amide bonds. The third kappa shape index (κ3) is 1.81. The van der Waals surface area contributed by atoms with E-state index in [-0.39, 0.29) is 0 Å². The smallest absolute Gasteiger partial charge is 0.0864 e. The summed E-state index contributed by atoms with van der Waals surface area (Å²) in [5, 5.41) is 7.69. The SMILES string of the molecule is C=C(C)c1c(NC)c(CCC)nn1C. The quantitative estimate of drug-likeness (QED) is 0.796. The van der Waals surface area contributed by atoms with Gasteiger partial charge in [-0.2, -0.15) is 5.10 Å². The van der Waals surface area contributed by atoms with Crippen LogP contribution in [-0.2, 0) is 13.5 Å². The highest BCUT2D eigenvalue weighted by Crippen LogP contribution is 2.26. The van der Waals surface area contributed by atoms with E-state index in [4.69, 9.17) is 0 Å². The predicted molar refractivity (Wildman–Crippen MR) is 61.5 cm³/mol. The van der Waals surface area contributed by atoms with Crippen molar-refractivity contribution in [3.63, 3.8) is 0 Å². The molecule has 0 bridgehead atoms. The molecule has 0 radical (unpaired) electrons. The Hall–Kier alpha value is -1.25. The molecule has 0 unspecified atom stereocenters. The second-order valence-corrected chi connectivity index (χ2v) is 3.57. The molecule has 0 saturated carbocycles. The number of nitrogens with one attached hydrogen (secondary N) is 1. The maximum atomic E-state index is 4.49. The molecule has 0 aliphatic heterocycles. The largest absolute Gasteiger partial charge is 0.385 e. The van der Waals surface area contributed by atoms with Crippen molar-refractivity contribution in [1.29, 1.82) is 0 Å². The van der Waals surface area contributed by atoms with Crippen molar-refractivity contribution in [1.82, 2.24) is 9.78 Å². The van der Waals surface area contributed by atoms with E-state index in [2.05, 4.69) is 23.9 Å². The van der Waals surface area contributed by atoms with Gasteiger partial charge in [-0.05, 0) is 18.9 Å². The molecule has 0 aliphatic rings. The van der Waals surface area contributed by atoms with Crippen LogP contribution in [0.3, 0.4) is 0 Å². The molecular weight excluding hydrogens is 174 g/mol. The molecule has 3 heteroatoms. The average molecular weight is 193 g/mol. The van der Waals surface area contributed by atoms with E-state index in [1.807, 2.05) is 25.7 Å². The van der Waals surface area contributed by atoms with Crippen LogP contribution in [0.1, 0.15) is 31.7 Å². The first-order valence-electron chi connectivity index (χ1n) is 5.01. The van der Waals surface area contributed by atoms with E-state index < -0.39 is 0 Å². The van der Waals surface area contributed by atoms with Gasteiger partial charge in [-0.15, -0.1) is 0 Å². The lowest BCUT2D eigenvalue weighted by Gasteiger charge is -2.05. The molecule has 78 valence electrons. The number of rotatable bonds is 4. The topological polar surface area (TPSA) is 29.9 Å². The third-order valence-electron chi connectivity index (χ3n) is 2.26. The van der Waals surface area contributed by atoms with Crippen LogP contribution in [0.15, 0.2) is 6.58 Å². The van der Waals surface area contributed by atoms with Crippen LogP contribution in [0.2, 0.25) is 0 Å². The van der Waals surface area contributed by atoms with Gasteiger partial charge in [-0.25, -0.2) is 0 Å². The molecular formula is C11H19N3. The Morgan fingerprint density at radius 3 is 2.64 bits per heavy atom. The first-order valence-corrected chi connectivity index (χ1v) is 5.01. The van der Waals surface area contributed by atoms with E-state index >= 15 is 0 Å². The van der Waals surface area contributed by atoms with Gasteiger partial charge in [0.05, 0.1) is 17.1 Å². The number of nitrogens with zero attached hydrogens (tertiary/aromatic N) is 2. The zero-order valence-corrected chi connectivity index (χ0v) is 9.52. The lowest BCUT2D eigenvalue weighted by atomic mass is 10.1. The van der Waals surface area contributed by atoms with Gasteiger partial charge in [-0.3, -0.25) is 4.68 Å². The first-order chi connectivity index (χ1) is 6.61. The molecule has 1 rings (SSSR count). The number of hydrogen-bond acceptors (Lipinski definition) is 2. The van der Waals surface area contributed by atoms with Gasteiger partial charge in [0.15, 0.2) is 0 Å². The van der Waals surface area contributed by atoms with Crippen LogP contribution in [0.5, 0.6) is 0 Å². The molecule has 1 aromatic rings. The standard InChI is InChI=1S/C11H19N3/c1-6-7-9-10(12-4)11(8(2)3)14(5)13-9/h12H,2,6-7H2,1,3-5H3. The fraction of sp³-hybridized carbons (Fsp3) is 0.545. The van der Waals surface area contributed by atoms with Crippen LogP contribution < -0.4 is 5.32 Å². The Kier molecular flexibility index (Phi) is 3.33. The second kappa shape index (κ2) is 4.31. The summed E-state index contributed by atoms with van der Waals surface area (Å²) in [6.45, 7) is 8.14. The number of aromatic nitrogens is 2. The molecule has 1 heterocycles. The average Bonchev–Trinajstić information content (AvgIpc) is 2.42. The molecule has 0 spiro atoms. The Balaban J connectivity index is 3.21. The molecule has 1 N–H and O–H groups in total. The fourth-order valence-corrected chi connectivity index (χ4v) is 1.74. The minimum Gasteiger partial charge on any atom is -0.385 e. The van der Waals surface area contributed by atoms with Crippen molar-refractivity contribution in [2.75, 3.05) is 12.4 Å². The van der Waals surface area contributed by atoms with Crippen LogP contribution >= 0.6 is 0 Å². The van der Waals surface area contributed by atoms with Crippen molar-refractivity contribution >= 4 is 11.3 Å². The lowest BCUT2D eigenvalue weighted by molar-refractivity contribution is 0.725. The van der Waals surface area contributed by atoms with Gasteiger partial charge < -0.3 is 5.32 Å². The van der Waals surface area contributed by atoms with Crippen molar-refractivity contribution in [2.45, 2.75) is 26.7 Å². The predicted octanol–water partition coefficient (Wildman–Crippen LogP) is 2.45. The number of allylic oxidation sites excluding steroid dienone is 1. The normalized spacial score (nSPS) is 10.3. The highest BCUT2D eigenvalue weighted by atomic mass is 15.3. The van der Waals surface area contributed by atoms with Gasteiger partial charge in [0.2, 0.25) is 0 Å². The molecule has 0 saturated heterocycles. The van der Waals surface area contributed by atoms with Gasteiger partial charge >= 0.3 is 0 Å². The minimum atomic E-state index is 1.01. The maximum absolute atomic E-state index is 4.49. The monoisotopic (exact) mass is 193 g/mol. The first kappa shape index (κ1) is 10.8. The lowest BCUT2D eigenvalue weighted by Crippen LogP contribution is -1.98. The summed E-state index contributed by atoms with van der Waals surface area (Å²) in [6.07, 6.45) is 2.12. The van der Waals surface area contributed by atoms with Crippen LogP contribution in [0.4, 0.5) is 5.69 Å². The van der Waals surface area contributed by atoms with Crippen LogP contribution in [0, 0.1) is 0 Å². The zero-order chi connectivity index (χ0) is 10.7. The third-order valence-corrected chi connectivity index (χ3v) is 2.26. The van der Waals surface area contributed by atoms with E-state index in [0.717, 1.165) is 35.5 Å². The number of aryl methyl sites for hydroxylation is 2. The Labute approximate surface area is 85.8 Å². The van der Waals surface area contributed by atoms with E-state index in [9.17, 15) is 0 Å². The van der Waals surface area contributed by atoms with Crippen LogP contribution in [0.25, 0.3) is 5.57 Å². The Bertz CT molecular complexity index is 337. The summed E-state index contributed by atoms with van der Waals surface area (Å²) in [5.74, 6) is 0. The summed E-state index contributed by atoms with van der Waals surface area (Å²) < 4.78 is 1.90. The molecule has 0 aliphatic carbocycles. The summed E-state index contributed by atoms with van der Waals surface area (Å²) >= 11 is 0. The second-order valence-electron chi connectivity index (χ2n) is 3.57. The molecule has 1 aromatic heterocycles. The highest BCUT2D eigenvalue weighted by Gasteiger charge is 2.14. The summed E-state index contributed by atoms with van der Waals surface area (Å²) in [5.41, 5.74) is 4.42. The van der Waals surface area contributed by atoms with Gasteiger partial charge in [0.1, 0.15) is 0 Å². The van der Waals surface area contributed by atoms with Gasteiger partial charge in [-0.1, -0.05) is 19.9 Å². The number of hydrogen-bond donors (Lipinski definition) is 1. The Morgan fingerprint density at radius 2 is 2.21 bits per heavy atom. The van der Waals surface area contributed by atoms with E-state index in [1.165, 1.54) is 0 Å². The number of anilines is 1. The molecule has 3 nitrogen and oxygen atoms in total. The molecule has 0 aromatic carbocycles. The van der Waals surface area contributed by atoms with Crippen LogP contribution in [-0.4, -0.2) is 16.8 Å². The van der Waals surface area contributed by atoms with E-state index in [0.29, 0.717) is 0 Å². The molecule has 0 atom stereocenters. The molecule has 0 fully saturated rings. The zero-order valence-electron chi connectivity index (χ0n) is 9.52. The summed E-state index contributed by atoms with van der Waals surface area (Å²) in [7, 11) is 3.90. The van der Waals surface area contributed by atoms with E-state index in [1.54, 1.807) is 0 Å². The Morgan fingerprint density at radius 1 is 1.57 bits per heavy atom. The maximum Gasteiger partial charge on any atom is 0.0864 e. The van der Waals surface area contributed by atoms with Gasteiger partial charge in [0.25, 0.3) is 0 Å². The van der Waals surface area contributed by atoms with Crippen molar-refractivity contribution in [3.05, 3.63) is 18.0 Å².